The Morgan fingerprint density at radius 1 is 1.39 bits per heavy atom. The van der Waals surface area contributed by atoms with Crippen LogP contribution in [0.5, 0.6) is 0 Å². The van der Waals surface area contributed by atoms with E-state index in [0.717, 1.165) is 30.6 Å². The molecule has 2 aromatic rings. The van der Waals surface area contributed by atoms with Gasteiger partial charge < -0.3 is 10.7 Å². The van der Waals surface area contributed by atoms with Gasteiger partial charge in [0.05, 0.1) is 11.0 Å². The number of hydrogen-bond acceptors (Lipinski definition) is 2. The molecule has 2 atom stereocenters. The van der Waals surface area contributed by atoms with Crippen LogP contribution in [0.2, 0.25) is 0 Å². The standard InChI is InChI=1S/C15H21N3/c1-2-10-6-7-13-14(8-10)18-15(17-13)11-4-3-5-12(16)9-11/h6-8,11-12H,2-5,9,16H2,1H3,(H,17,18). The van der Waals surface area contributed by atoms with E-state index in [4.69, 9.17) is 10.7 Å². The van der Waals surface area contributed by atoms with E-state index in [9.17, 15) is 0 Å². The minimum Gasteiger partial charge on any atom is -0.342 e. The van der Waals surface area contributed by atoms with E-state index in [1.165, 1.54) is 23.9 Å². The minimum atomic E-state index is 0.350. The summed E-state index contributed by atoms with van der Waals surface area (Å²) in [5, 5.41) is 0. The summed E-state index contributed by atoms with van der Waals surface area (Å²) in [6, 6.07) is 6.86. The number of aromatic nitrogens is 2. The highest BCUT2D eigenvalue weighted by Crippen LogP contribution is 2.31. The number of aryl methyl sites for hydroxylation is 1. The van der Waals surface area contributed by atoms with Gasteiger partial charge in [-0.15, -0.1) is 0 Å². The predicted octanol–water partition coefficient (Wildman–Crippen LogP) is 3.11. The van der Waals surface area contributed by atoms with Gasteiger partial charge in [-0.3, -0.25) is 0 Å². The summed E-state index contributed by atoms with van der Waals surface area (Å²) in [7, 11) is 0. The maximum absolute atomic E-state index is 6.06. The second-order valence-electron chi connectivity index (χ2n) is 5.45. The Labute approximate surface area is 108 Å². The lowest BCUT2D eigenvalue weighted by Gasteiger charge is -2.24. The molecule has 1 heterocycles. The van der Waals surface area contributed by atoms with Crippen LogP contribution < -0.4 is 5.73 Å². The molecule has 3 N–H and O–H groups in total. The molecule has 96 valence electrons. The highest BCUT2D eigenvalue weighted by atomic mass is 14.9. The lowest BCUT2D eigenvalue weighted by Crippen LogP contribution is -2.27. The molecule has 0 bridgehead atoms. The molecule has 0 spiro atoms. The summed E-state index contributed by atoms with van der Waals surface area (Å²) >= 11 is 0. The van der Waals surface area contributed by atoms with Gasteiger partial charge in [-0.05, 0) is 43.4 Å². The van der Waals surface area contributed by atoms with Crippen LogP contribution >= 0.6 is 0 Å². The fraction of sp³-hybridized carbons (Fsp3) is 0.533. The molecule has 1 aliphatic carbocycles. The molecule has 3 nitrogen and oxygen atoms in total. The van der Waals surface area contributed by atoms with Crippen molar-refractivity contribution >= 4 is 11.0 Å². The van der Waals surface area contributed by atoms with E-state index in [2.05, 4.69) is 30.1 Å². The maximum atomic E-state index is 6.06. The van der Waals surface area contributed by atoms with Crippen molar-refractivity contribution in [2.24, 2.45) is 5.73 Å². The topological polar surface area (TPSA) is 54.7 Å². The summed E-state index contributed by atoms with van der Waals surface area (Å²) in [5.74, 6) is 1.65. The van der Waals surface area contributed by atoms with Crippen LogP contribution in [-0.4, -0.2) is 16.0 Å². The SMILES string of the molecule is CCc1ccc2nc(C3CCCC(N)C3)[nH]c2c1. The van der Waals surface area contributed by atoms with Gasteiger partial charge in [-0.25, -0.2) is 4.98 Å². The van der Waals surface area contributed by atoms with Gasteiger partial charge >= 0.3 is 0 Å². The molecule has 0 amide bonds. The van der Waals surface area contributed by atoms with Crippen LogP contribution in [0.3, 0.4) is 0 Å². The fourth-order valence-corrected chi connectivity index (χ4v) is 2.97. The van der Waals surface area contributed by atoms with Crippen molar-refractivity contribution in [2.75, 3.05) is 0 Å². The van der Waals surface area contributed by atoms with E-state index in [1.807, 2.05) is 0 Å². The van der Waals surface area contributed by atoms with Crippen molar-refractivity contribution in [1.29, 1.82) is 0 Å². The van der Waals surface area contributed by atoms with E-state index in [-0.39, 0.29) is 0 Å². The number of benzene rings is 1. The molecule has 1 aromatic heterocycles. The zero-order valence-electron chi connectivity index (χ0n) is 10.9. The van der Waals surface area contributed by atoms with Gasteiger partial charge in [0.2, 0.25) is 0 Å². The molecule has 1 aliphatic rings. The van der Waals surface area contributed by atoms with Crippen molar-refractivity contribution in [3.8, 4) is 0 Å². The smallest absolute Gasteiger partial charge is 0.110 e. The molecule has 1 saturated carbocycles. The van der Waals surface area contributed by atoms with Gasteiger partial charge in [0, 0.05) is 12.0 Å². The summed E-state index contributed by atoms with van der Waals surface area (Å²) in [5.41, 5.74) is 9.67. The number of nitrogens with two attached hydrogens (primary N) is 1. The van der Waals surface area contributed by atoms with Gasteiger partial charge in [0.15, 0.2) is 0 Å². The quantitative estimate of drug-likeness (QED) is 0.851. The Hall–Kier alpha value is -1.35. The first-order valence-corrected chi connectivity index (χ1v) is 7.00. The molecule has 0 aliphatic heterocycles. The van der Waals surface area contributed by atoms with Gasteiger partial charge in [-0.2, -0.15) is 0 Å². The molecule has 0 radical (unpaired) electrons. The van der Waals surface area contributed by atoms with Crippen LogP contribution in [0.25, 0.3) is 11.0 Å². The largest absolute Gasteiger partial charge is 0.342 e. The number of H-pyrrole nitrogens is 1. The van der Waals surface area contributed by atoms with Crippen molar-refractivity contribution in [1.82, 2.24) is 9.97 Å². The Bertz CT molecular complexity index is 544. The molecule has 3 heteroatoms. The molecule has 3 rings (SSSR count). The molecular formula is C15H21N3. The molecule has 18 heavy (non-hydrogen) atoms. The van der Waals surface area contributed by atoms with E-state index in [0.29, 0.717) is 12.0 Å². The number of fused-ring (bicyclic) bond motifs is 1. The number of imidazole rings is 1. The highest BCUT2D eigenvalue weighted by molar-refractivity contribution is 5.76. The Morgan fingerprint density at radius 2 is 2.28 bits per heavy atom. The number of nitrogens with one attached hydrogen (secondary N) is 1. The van der Waals surface area contributed by atoms with Gasteiger partial charge in [0.25, 0.3) is 0 Å². The van der Waals surface area contributed by atoms with Crippen molar-refractivity contribution in [3.63, 3.8) is 0 Å². The Morgan fingerprint density at radius 3 is 3.06 bits per heavy atom. The average Bonchev–Trinajstić information content (AvgIpc) is 2.81. The van der Waals surface area contributed by atoms with Gasteiger partial charge in [-0.1, -0.05) is 19.4 Å². The number of hydrogen-bond donors (Lipinski definition) is 2. The number of aromatic amines is 1. The summed E-state index contributed by atoms with van der Waals surface area (Å²) < 4.78 is 0. The zero-order valence-corrected chi connectivity index (χ0v) is 10.9. The third-order valence-electron chi connectivity index (χ3n) is 4.07. The first-order valence-electron chi connectivity index (χ1n) is 7.00. The zero-order chi connectivity index (χ0) is 12.5. The lowest BCUT2D eigenvalue weighted by molar-refractivity contribution is 0.384. The highest BCUT2D eigenvalue weighted by Gasteiger charge is 2.23. The fourth-order valence-electron chi connectivity index (χ4n) is 2.97. The summed E-state index contributed by atoms with van der Waals surface area (Å²) in [4.78, 5) is 8.23. The van der Waals surface area contributed by atoms with Crippen molar-refractivity contribution < 1.29 is 0 Å². The van der Waals surface area contributed by atoms with Crippen molar-refractivity contribution in [2.45, 2.75) is 51.0 Å². The normalized spacial score (nSPS) is 24.6. The van der Waals surface area contributed by atoms with Crippen LogP contribution in [0, 0.1) is 0 Å². The predicted molar refractivity (Wildman–Crippen MR) is 74.7 cm³/mol. The third-order valence-corrected chi connectivity index (χ3v) is 4.07. The minimum absolute atomic E-state index is 0.350. The average molecular weight is 243 g/mol. The first-order chi connectivity index (χ1) is 8.76. The van der Waals surface area contributed by atoms with E-state index >= 15 is 0 Å². The second kappa shape index (κ2) is 4.73. The molecule has 1 aromatic carbocycles. The number of rotatable bonds is 2. The lowest BCUT2D eigenvalue weighted by atomic mass is 9.86. The molecule has 0 saturated heterocycles. The van der Waals surface area contributed by atoms with Crippen LogP contribution in [-0.2, 0) is 6.42 Å². The monoisotopic (exact) mass is 243 g/mol. The van der Waals surface area contributed by atoms with Gasteiger partial charge in [0.1, 0.15) is 5.82 Å². The first kappa shape index (κ1) is 11.7. The van der Waals surface area contributed by atoms with Crippen LogP contribution in [0.15, 0.2) is 18.2 Å². The molecule has 1 fully saturated rings. The summed E-state index contributed by atoms with van der Waals surface area (Å²) in [6.45, 7) is 2.18. The van der Waals surface area contributed by atoms with E-state index < -0.39 is 0 Å². The maximum Gasteiger partial charge on any atom is 0.110 e. The number of nitrogens with zero attached hydrogens (tertiary/aromatic N) is 1. The second-order valence-corrected chi connectivity index (χ2v) is 5.45. The molecule has 2 unspecified atom stereocenters. The van der Waals surface area contributed by atoms with Crippen molar-refractivity contribution in [3.05, 3.63) is 29.6 Å². The Balaban J connectivity index is 1.92. The molecular weight excluding hydrogens is 222 g/mol. The third kappa shape index (κ3) is 2.15. The van der Waals surface area contributed by atoms with Crippen LogP contribution in [0.4, 0.5) is 0 Å². The Kier molecular flexibility index (Phi) is 3.08. The van der Waals surface area contributed by atoms with E-state index in [1.54, 1.807) is 0 Å². The summed E-state index contributed by atoms with van der Waals surface area (Å²) in [6.07, 6.45) is 5.74. The van der Waals surface area contributed by atoms with Crippen LogP contribution in [0.1, 0.15) is 49.9 Å².